The molecule has 0 fully saturated rings. The van der Waals surface area contributed by atoms with Gasteiger partial charge in [-0.1, -0.05) is 35.9 Å². The van der Waals surface area contributed by atoms with Crippen molar-refractivity contribution >= 4 is 39.7 Å². The zero-order valence-corrected chi connectivity index (χ0v) is 9.45. The van der Waals surface area contributed by atoms with Gasteiger partial charge in [-0.25, -0.2) is 0 Å². The molecule has 0 radical (unpaired) electrons. The molecule has 0 aliphatic heterocycles. The van der Waals surface area contributed by atoms with Crippen molar-refractivity contribution < 1.29 is 13.0 Å². The standard InChI is InChI=1S/C7H8.C3H8O3S.Na.H/c1-7-5-3-2-4-6-7;1-3(2)7(4,5)6;;/h2-6H,1H3;3H,1-2H3,(H,4,5,6);;. The molecule has 0 aliphatic rings. The van der Waals surface area contributed by atoms with E-state index in [2.05, 4.69) is 19.1 Å². The third kappa shape index (κ3) is 10.4. The molecule has 0 heterocycles. The van der Waals surface area contributed by atoms with Gasteiger partial charge in [0.05, 0.1) is 5.25 Å². The van der Waals surface area contributed by atoms with E-state index in [9.17, 15) is 8.42 Å². The quantitative estimate of drug-likeness (QED) is 0.599. The van der Waals surface area contributed by atoms with Crippen LogP contribution in [0.5, 0.6) is 0 Å². The van der Waals surface area contributed by atoms with E-state index in [4.69, 9.17) is 4.55 Å². The van der Waals surface area contributed by atoms with E-state index in [1.807, 2.05) is 18.2 Å². The number of rotatable bonds is 1. The van der Waals surface area contributed by atoms with Crippen molar-refractivity contribution in [2.24, 2.45) is 0 Å². The maximum absolute atomic E-state index is 9.89. The summed E-state index contributed by atoms with van der Waals surface area (Å²) in [7, 11) is -3.74. The van der Waals surface area contributed by atoms with E-state index in [1.54, 1.807) is 0 Å². The summed E-state index contributed by atoms with van der Waals surface area (Å²) in [6, 6.07) is 10.3. The second-order valence-corrected chi connectivity index (χ2v) is 5.19. The van der Waals surface area contributed by atoms with Crippen LogP contribution in [0.4, 0.5) is 0 Å². The molecule has 1 rings (SSSR count). The Morgan fingerprint density at radius 3 is 1.60 bits per heavy atom. The Kier molecular flexibility index (Phi) is 9.70. The molecule has 5 heteroatoms. The van der Waals surface area contributed by atoms with Crippen LogP contribution in [0.3, 0.4) is 0 Å². The minimum atomic E-state index is -3.74. The third-order valence-electron chi connectivity index (χ3n) is 1.54. The normalized spacial score (nSPS) is 9.93. The first-order valence-corrected chi connectivity index (χ1v) is 5.82. The fourth-order valence-electron chi connectivity index (χ4n) is 0.534. The van der Waals surface area contributed by atoms with E-state index in [-0.39, 0.29) is 29.6 Å². The summed E-state index contributed by atoms with van der Waals surface area (Å²) in [6.45, 7) is 4.91. The molecule has 3 nitrogen and oxygen atoms in total. The van der Waals surface area contributed by atoms with Gasteiger partial charge in [-0.05, 0) is 20.8 Å². The van der Waals surface area contributed by atoms with Gasteiger partial charge in [-0.2, -0.15) is 8.42 Å². The van der Waals surface area contributed by atoms with Crippen LogP contribution in [0, 0.1) is 6.92 Å². The van der Waals surface area contributed by atoms with E-state index in [0.29, 0.717) is 0 Å². The summed E-state index contributed by atoms with van der Waals surface area (Å²) in [4.78, 5) is 0. The SMILES string of the molecule is CC(C)S(=O)(=O)O.Cc1ccccc1.[NaH]. The predicted octanol–water partition coefficient (Wildman–Crippen LogP) is 1.63. The fourth-order valence-corrected chi connectivity index (χ4v) is 0.534. The fraction of sp³-hybridized carbons (Fsp3) is 0.400. The van der Waals surface area contributed by atoms with Crippen LogP contribution < -0.4 is 0 Å². The molecule has 1 N–H and O–H groups in total. The van der Waals surface area contributed by atoms with Crippen LogP contribution in [0.25, 0.3) is 0 Å². The summed E-state index contributed by atoms with van der Waals surface area (Å²) in [5.41, 5.74) is 1.32. The van der Waals surface area contributed by atoms with E-state index in [0.717, 1.165) is 0 Å². The first kappa shape index (κ1) is 17.5. The summed E-state index contributed by atoms with van der Waals surface area (Å²) in [5, 5.41) is -0.674. The minimum absolute atomic E-state index is 0. The summed E-state index contributed by atoms with van der Waals surface area (Å²) >= 11 is 0. The van der Waals surface area contributed by atoms with Crippen LogP contribution in [0.2, 0.25) is 0 Å². The summed E-state index contributed by atoms with van der Waals surface area (Å²) in [5.74, 6) is 0. The molecular weight excluding hydrogens is 223 g/mol. The Balaban J connectivity index is 0. The van der Waals surface area contributed by atoms with Crippen molar-refractivity contribution in [1.29, 1.82) is 0 Å². The Morgan fingerprint density at radius 1 is 1.13 bits per heavy atom. The number of aryl methyl sites for hydroxylation is 1. The second kappa shape index (κ2) is 8.30. The van der Waals surface area contributed by atoms with Crippen LogP contribution in [-0.4, -0.2) is 47.8 Å². The average molecular weight is 240 g/mol. The molecule has 0 aliphatic carbocycles. The molecule has 0 saturated heterocycles. The monoisotopic (exact) mass is 240 g/mol. The van der Waals surface area contributed by atoms with Crippen molar-refractivity contribution in [2.45, 2.75) is 26.0 Å². The van der Waals surface area contributed by atoms with Crippen molar-refractivity contribution in [1.82, 2.24) is 0 Å². The van der Waals surface area contributed by atoms with Crippen LogP contribution >= 0.6 is 0 Å². The Labute approximate surface area is 114 Å². The molecule has 0 aromatic heterocycles. The molecule has 0 bridgehead atoms. The van der Waals surface area contributed by atoms with Gasteiger partial charge in [0.2, 0.25) is 0 Å². The van der Waals surface area contributed by atoms with Gasteiger partial charge in [-0.15, -0.1) is 0 Å². The maximum atomic E-state index is 9.89. The predicted molar refractivity (Wildman–Crippen MR) is 65.0 cm³/mol. The van der Waals surface area contributed by atoms with Gasteiger partial charge >= 0.3 is 29.6 Å². The Bertz CT molecular complexity index is 346. The molecule has 15 heavy (non-hydrogen) atoms. The summed E-state index contributed by atoms with van der Waals surface area (Å²) < 4.78 is 27.8. The van der Waals surface area contributed by atoms with Crippen LogP contribution in [0.15, 0.2) is 30.3 Å². The molecular formula is C10H17NaO3S. The topological polar surface area (TPSA) is 54.4 Å². The molecule has 1 aromatic carbocycles. The molecule has 1 aromatic rings. The van der Waals surface area contributed by atoms with E-state index >= 15 is 0 Å². The number of benzene rings is 1. The molecule has 82 valence electrons. The Morgan fingerprint density at radius 2 is 1.47 bits per heavy atom. The molecule has 0 spiro atoms. The van der Waals surface area contributed by atoms with Crippen molar-refractivity contribution in [3.63, 3.8) is 0 Å². The first-order chi connectivity index (χ1) is 6.34. The van der Waals surface area contributed by atoms with Crippen molar-refractivity contribution in [3.05, 3.63) is 35.9 Å². The average Bonchev–Trinajstić information content (AvgIpc) is 2.04. The number of hydrogen-bond donors (Lipinski definition) is 1. The van der Waals surface area contributed by atoms with Gasteiger partial charge in [0.15, 0.2) is 0 Å². The van der Waals surface area contributed by atoms with Crippen LogP contribution in [-0.2, 0) is 10.1 Å². The molecule has 0 saturated carbocycles. The van der Waals surface area contributed by atoms with Gasteiger partial charge in [0.1, 0.15) is 0 Å². The van der Waals surface area contributed by atoms with Gasteiger partial charge in [0.25, 0.3) is 10.1 Å². The molecule has 0 unspecified atom stereocenters. The van der Waals surface area contributed by atoms with E-state index in [1.165, 1.54) is 19.4 Å². The molecule has 0 amide bonds. The van der Waals surface area contributed by atoms with Gasteiger partial charge < -0.3 is 0 Å². The zero-order valence-electron chi connectivity index (χ0n) is 8.64. The van der Waals surface area contributed by atoms with Crippen LogP contribution in [0.1, 0.15) is 19.4 Å². The van der Waals surface area contributed by atoms with Gasteiger partial charge in [0, 0.05) is 0 Å². The Hall–Kier alpha value is 0.130. The third-order valence-corrected chi connectivity index (χ3v) is 2.73. The number of hydrogen-bond acceptors (Lipinski definition) is 2. The van der Waals surface area contributed by atoms with Gasteiger partial charge in [-0.3, -0.25) is 4.55 Å². The zero-order chi connectivity index (χ0) is 11.2. The van der Waals surface area contributed by atoms with E-state index < -0.39 is 15.4 Å². The van der Waals surface area contributed by atoms with Crippen molar-refractivity contribution in [3.8, 4) is 0 Å². The second-order valence-electron chi connectivity index (χ2n) is 3.22. The molecule has 0 atom stereocenters. The first-order valence-electron chi connectivity index (χ1n) is 4.32. The summed E-state index contributed by atoms with van der Waals surface area (Å²) in [6.07, 6.45) is 0. The van der Waals surface area contributed by atoms with Crippen molar-refractivity contribution in [2.75, 3.05) is 0 Å².